The van der Waals surface area contributed by atoms with Gasteiger partial charge in [0.2, 0.25) is 5.95 Å². The highest BCUT2D eigenvalue weighted by Crippen LogP contribution is 2.17. The van der Waals surface area contributed by atoms with Crippen molar-refractivity contribution in [1.29, 1.82) is 0 Å². The fourth-order valence-electron chi connectivity index (χ4n) is 2.51. The summed E-state index contributed by atoms with van der Waals surface area (Å²) >= 11 is 0. The Balaban J connectivity index is 1.89. The van der Waals surface area contributed by atoms with Gasteiger partial charge in [-0.1, -0.05) is 6.92 Å². The minimum Gasteiger partial charge on any atom is -0.342 e. The van der Waals surface area contributed by atoms with Gasteiger partial charge in [0.05, 0.1) is 0 Å². The summed E-state index contributed by atoms with van der Waals surface area (Å²) in [5, 5.41) is 3.28. The van der Waals surface area contributed by atoms with Crippen molar-refractivity contribution in [2.24, 2.45) is 0 Å². The highest BCUT2D eigenvalue weighted by molar-refractivity contribution is 5.28. The van der Waals surface area contributed by atoms with Gasteiger partial charge in [0.1, 0.15) is 0 Å². The topological polar surface area (TPSA) is 44.3 Å². The number of hydrogen-bond acceptors (Lipinski definition) is 5. The van der Waals surface area contributed by atoms with Crippen molar-refractivity contribution >= 4 is 5.95 Å². The van der Waals surface area contributed by atoms with Gasteiger partial charge in [0.25, 0.3) is 0 Å². The van der Waals surface area contributed by atoms with E-state index in [-0.39, 0.29) is 0 Å². The van der Waals surface area contributed by atoms with Crippen molar-refractivity contribution in [2.45, 2.75) is 32.4 Å². The first-order valence-electron chi connectivity index (χ1n) is 7.13. The summed E-state index contributed by atoms with van der Waals surface area (Å²) in [6.07, 6.45) is 6.41. The number of nitrogens with one attached hydrogen (secondary N) is 1. The second kappa shape index (κ2) is 6.82. The summed E-state index contributed by atoms with van der Waals surface area (Å²) in [5.74, 6) is 0.820. The van der Waals surface area contributed by atoms with Crippen LogP contribution in [0.25, 0.3) is 0 Å². The molecular weight excluding hydrogens is 238 g/mol. The molecule has 1 aliphatic rings. The molecule has 0 aromatic carbocycles. The third-order valence-electron chi connectivity index (χ3n) is 3.77. The SMILES string of the molecule is CCNCc1cnc(N(C)CC2CCCN2C)nc1. The number of aromatic nitrogens is 2. The van der Waals surface area contributed by atoms with Crippen LogP contribution in [0.4, 0.5) is 5.95 Å². The number of likely N-dealkylation sites (N-methyl/N-ethyl adjacent to an activating group) is 2. The fraction of sp³-hybridized carbons (Fsp3) is 0.714. The van der Waals surface area contributed by atoms with Crippen LogP contribution in [0.1, 0.15) is 25.3 Å². The molecule has 1 N–H and O–H groups in total. The maximum Gasteiger partial charge on any atom is 0.225 e. The molecule has 2 rings (SSSR count). The fourth-order valence-corrected chi connectivity index (χ4v) is 2.51. The molecule has 1 fully saturated rings. The Morgan fingerprint density at radius 2 is 2.16 bits per heavy atom. The number of rotatable bonds is 6. The Labute approximate surface area is 116 Å². The molecule has 0 radical (unpaired) electrons. The minimum atomic E-state index is 0.634. The van der Waals surface area contributed by atoms with Gasteiger partial charge in [-0.25, -0.2) is 9.97 Å². The molecule has 1 atom stereocenters. The number of likely N-dealkylation sites (tertiary alicyclic amines) is 1. The first kappa shape index (κ1) is 14.2. The lowest BCUT2D eigenvalue weighted by molar-refractivity contribution is 0.313. The van der Waals surface area contributed by atoms with E-state index in [4.69, 9.17) is 0 Å². The quantitative estimate of drug-likeness (QED) is 0.833. The molecule has 1 aromatic heterocycles. The van der Waals surface area contributed by atoms with E-state index in [0.717, 1.165) is 31.1 Å². The molecule has 0 spiro atoms. The van der Waals surface area contributed by atoms with Crippen molar-refractivity contribution in [3.8, 4) is 0 Å². The van der Waals surface area contributed by atoms with Gasteiger partial charge in [0.15, 0.2) is 0 Å². The number of anilines is 1. The lowest BCUT2D eigenvalue weighted by atomic mass is 10.2. The average Bonchev–Trinajstić information content (AvgIpc) is 2.82. The van der Waals surface area contributed by atoms with Crippen molar-refractivity contribution < 1.29 is 0 Å². The maximum atomic E-state index is 4.45. The van der Waals surface area contributed by atoms with Gasteiger partial charge < -0.3 is 15.1 Å². The van der Waals surface area contributed by atoms with E-state index in [1.807, 2.05) is 12.4 Å². The summed E-state index contributed by atoms with van der Waals surface area (Å²) < 4.78 is 0. The molecular formula is C14H25N5. The number of nitrogens with zero attached hydrogens (tertiary/aromatic N) is 4. The predicted molar refractivity (Wildman–Crippen MR) is 78.3 cm³/mol. The van der Waals surface area contributed by atoms with Crippen molar-refractivity contribution in [1.82, 2.24) is 20.2 Å². The zero-order valence-electron chi connectivity index (χ0n) is 12.3. The van der Waals surface area contributed by atoms with E-state index in [1.54, 1.807) is 0 Å². The lowest BCUT2D eigenvalue weighted by Crippen LogP contribution is -2.37. The summed E-state index contributed by atoms with van der Waals surface area (Å²) in [6.45, 7) is 6.12. The van der Waals surface area contributed by atoms with Crippen molar-refractivity contribution in [3.05, 3.63) is 18.0 Å². The average molecular weight is 263 g/mol. The molecule has 1 unspecified atom stereocenters. The summed E-state index contributed by atoms with van der Waals surface area (Å²) in [7, 11) is 4.28. The molecule has 1 aromatic rings. The Kier molecular flexibility index (Phi) is 5.10. The molecule has 19 heavy (non-hydrogen) atoms. The van der Waals surface area contributed by atoms with Crippen LogP contribution in [0.5, 0.6) is 0 Å². The molecule has 5 nitrogen and oxygen atoms in total. The molecule has 2 heterocycles. The maximum absolute atomic E-state index is 4.45. The van der Waals surface area contributed by atoms with Crippen molar-refractivity contribution in [2.75, 3.05) is 38.6 Å². The van der Waals surface area contributed by atoms with Gasteiger partial charge in [-0.3, -0.25) is 0 Å². The van der Waals surface area contributed by atoms with Crippen LogP contribution in [-0.2, 0) is 6.54 Å². The van der Waals surface area contributed by atoms with Crippen LogP contribution in [0.2, 0.25) is 0 Å². The highest BCUT2D eigenvalue weighted by atomic mass is 15.3. The van der Waals surface area contributed by atoms with E-state index in [1.165, 1.54) is 19.4 Å². The monoisotopic (exact) mass is 263 g/mol. The Bertz CT molecular complexity index is 378. The van der Waals surface area contributed by atoms with E-state index in [0.29, 0.717) is 6.04 Å². The number of hydrogen-bond donors (Lipinski definition) is 1. The lowest BCUT2D eigenvalue weighted by Gasteiger charge is -2.25. The largest absolute Gasteiger partial charge is 0.342 e. The molecule has 1 saturated heterocycles. The van der Waals surface area contributed by atoms with E-state index >= 15 is 0 Å². The van der Waals surface area contributed by atoms with Gasteiger partial charge >= 0.3 is 0 Å². The van der Waals surface area contributed by atoms with E-state index in [9.17, 15) is 0 Å². The van der Waals surface area contributed by atoms with Gasteiger partial charge in [0, 0.05) is 44.1 Å². The van der Waals surface area contributed by atoms with Crippen LogP contribution in [-0.4, -0.2) is 54.6 Å². The van der Waals surface area contributed by atoms with Crippen LogP contribution < -0.4 is 10.2 Å². The standard InChI is InChI=1S/C14H25N5/c1-4-15-8-12-9-16-14(17-10-12)19(3)11-13-6-5-7-18(13)2/h9-10,13,15H,4-8,11H2,1-3H3. The minimum absolute atomic E-state index is 0.634. The second-order valence-electron chi connectivity index (χ2n) is 5.33. The van der Waals surface area contributed by atoms with Crippen molar-refractivity contribution in [3.63, 3.8) is 0 Å². The third-order valence-corrected chi connectivity index (χ3v) is 3.77. The van der Waals surface area contributed by atoms with E-state index in [2.05, 4.69) is 46.1 Å². The summed E-state index contributed by atoms with van der Waals surface area (Å²) in [5.41, 5.74) is 1.14. The smallest absolute Gasteiger partial charge is 0.225 e. The Hall–Kier alpha value is -1.20. The Morgan fingerprint density at radius 3 is 2.74 bits per heavy atom. The van der Waals surface area contributed by atoms with E-state index < -0.39 is 0 Å². The summed E-state index contributed by atoms with van der Waals surface area (Å²) in [4.78, 5) is 13.5. The van der Waals surface area contributed by atoms with Crippen LogP contribution in [0, 0.1) is 0 Å². The summed E-state index contributed by atoms with van der Waals surface area (Å²) in [6, 6.07) is 0.634. The zero-order valence-corrected chi connectivity index (χ0v) is 12.3. The molecule has 1 aliphatic heterocycles. The normalized spacial score (nSPS) is 19.8. The van der Waals surface area contributed by atoms with Gasteiger partial charge in [-0.15, -0.1) is 0 Å². The second-order valence-corrected chi connectivity index (χ2v) is 5.33. The molecule has 0 aliphatic carbocycles. The Morgan fingerprint density at radius 1 is 1.42 bits per heavy atom. The van der Waals surface area contributed by atoms with Crippen LogP contribution in [0.3, 0.4) is 0 Å². The molecule has 5 heteroatoms. The van der Waals surface area contributed by atoms with Crippen LogP contribution in [0.15, 0.2) is 12.4 Å². The molecule has 0 bridgehead atoms. The predicted octanol–water partition coefficient (Wildman–Crippen LogP) is 1.12. The first-order valence-corrected chi connectivity index (χ1v) is 7.13. The van der Waals surface area contributed by atoms with Crippen LogP contribution >= 0.6 is 0 Å². The van der Waals surface area contributed by atoms with Gasteiger partial charge in [-0.05, 0) is 33.0 Å². The molecule has 106 valence electrons. The highest BCUT2D eigenvalue weighted by Gasteiger charge is 2.22. The molecule has 0 amide bonds. The zero-order chi connectivity index (χ0) is 13.7. The van der Waals surface area contributed by atoms with Gasteiger partial charge in [-0.2, -0.15) is 0 Å². The molecule has 0 saturated carbocycles. The third kappa shape index (κ3) is 3.88. The first-order chi connectivity index (χ1) is 9.20.